The lowest BCUT2D eigenvalue weighted by molar-refractivity contribution is -0.160. The molecule has 0 atom stereocenters. The van der Waals surface area contributed by atoms with Crippen molar-refractivity contribution in [2.24, 2.45) is 11.3 Å². The number of carbonyl (C=O) groups excluding carboxylic acids is 1. The van der Waals surface area contributed by atoms with Crippen LogP contribution in [0.15, 0.2) is 0 Å². The average molecular weight is 319 g/mol. The SMILES string of the molecule is COC1(C(=O)N2CCC(C(C)(C)C)CC2)CCNCC1.Cl. The van der Waals surface area contributed by atoms with Crippen molar-refractivity contribution in [3.05, 3.63) is 0 Å². The van der Waals surface area contributed by atoms with E-state index in [-0.39, 0.29) is 18.3 Å². The Hall–Kier alpha value is -0.320. The summed E-state index contributed by atoms with van der Waals surface area (Å²) < 4.78 is 5.66. The maximum absolute atomic E-state index is 12.8. The van der Waals surface area contributed by atoms with E-state index < -0.39 is 5.60 Å². The minimum Gasteiger partial charge on any atom is -0.368 e. The molecule has 1 amide bonds. The molecule has 2 rings (SSSR count). The van der Waals surface area contributed by atoms with E-state index in [1.165, 1.54) is 0 Å². The fourth-order valence-corrected chi connectivity index (χ4v) is 3.57. The van der Waals surface area contributed by atoms with Crippen LogP contribution in [-0.2, 0) is 9.53 Å². The van der Waals surface area contributed by atoms with Gasteiger partial charge in [0.1, 0.15) is 5.60 Å². The van der Waals surface area contributed by atoms with Crippen LogP contribution in [-0.4, -0.2) is 49.7 Å². The highest BCUT2D eigenvalue weighted by Crippen LogP contribution is 2.35. The Balaban J connectivity index is 0.00000220. The predicted octanol–water partition coefficient (Wildman–Crippen LogP) is 2.46. The van der Waals surface area contributed by atoms with Crippen molar-refractivity contribution < 1.29 is 9.53 Å². The summed E-state index contributed by atoms with van der Waals surface area (Å²) in [5, 5.41) is 3.31. The van der Waals surface area contributed by atoms with Crippen LogP contribution in [0.5, 0.6) is 0 Å². The Kier molecular flexibility index (Phi) is 6.51. The van der Waals surface area contributed by atoms with Crippen molar-refractivity contribution in [3.8, 4) is 0 Å². The average Bonchev–Trinajstić information content (AvgIpc) is 2.46. The zero-order valence-corrected chi connectivity index (χ0v) is 14.7. The van der Waals surface area contributed by atoms with Gasteiger partial charge in [0.2, 0.25) is 0 Å². The number of likely N-dealkylation sites (tertiary alicyclic amines) is 1. The molecule has 5 heteroatoms. The number of nitrogens with zero attached hydrogens (tertiary/aromatic N) is 1. The quantitative estimate of drug-likeness (QED) is 0.850. The van der Waals surface area contributed by atoms with Gasteiger partial charge in [0.25, 0.3) is 5.91 Å². The largest absolute Gasteiger partial charge is 0.368 e. The number of hydrogen-bond acceptors (Lipinski definition) is 3. The number of carbonyl (C=O) groups is 1. The van der Waals surface area contributed by atoms with Crippen LogP contribution >= 0.6 is 12.4 Å². The molecule has 4 nitrogen and oxygen atoms in total. The third-order valence-corrected chi connectivity index (χ3v) is 5.20. The Bertz CT molecular complexity index is 341. The molecule has 0 aromatic rings. The molecule has 0 unspecified atom stereocenters. The fourth-order valence-electron chi connectivity index (χ4n) is 3.57. The zero-order chi connectivity index (χ0) is 14.8. The lowest BCUT2D eigenvalue weighted by Gasteiger charge is -2.43. The highest BCUT2D eigenvalue weighted by molar-refractivity contribution is 5.86. The topological polar surface area (TPSA) is 41.6 Å². The maximum atomic E-state index is 12.8. The summed E-state index contributed by atoms with van der Waals surface area (Å²) in [6, 6.07) is 0. The van der Waals surface area contributed by atoms with Gasteiger partial charge in [0.15, 0.2) is 0 Å². The second-order valence-electron chi connectivity index (χ2n) is 7.38. The van der Waals surface area contributed by atoms with E-state index in [0.29, 0.717) is 5.41 Å². The highest BCUT2D eigenvalue weighted by atomic mass is 35.5. The van der Waals surface area contributed by atoms with Crippen LogP contribution < -0.4 is 5.32 Å². The van der Waals surface area contributed by atoms with Gasteiger partial charge in [-0.25, -0.2) is 0 Å². The molecule has 2 heterocycles. The van der Waals surface area contributed by atoms with E-state index in [1.54, 1.807) is 7.11 Å². The van der Waals surface area contributed by atoms with Crippen LogP contribution in [0.2, 0.25) is 0 Å². The minimum atomic E-state index is -0.570. The van der Waals surface area contributed by atoms with Crippen molar-refractivity contribution in [1.82, 2.24) is 10.2 Å². The van der Waals surface area contributed by atoms with Gasteiger partial charge in [-0.3, -0.25) is 4.79 Å². The Morgan fingerprint density at radius 1 is 1.19 bits per heavy atom. The Morgan fingerprint density at radius 2 is 1.71 bits per heavy atom. The molecule has 0 aromatic heterocycles. The number of methoxy groups -OCH3 is 1. The summed E-state index contributed by atoms with van der Waals surface area (Å²) in [7, 11) is 1.69. The van der Waals surface area contributed by atoms with E-state index in [0.717, 1.165) is 57.8 Å². The molecular weight excluding hydrogens is 288 g/mol. The smallest absolute Gasteiger partial charge is 0.254 e. The van der Waals surface area contributed by atoms with E-state index >= 15 is 0 Å². The van der Waals surface area contributed by atoms with Crippen LogP contribution in [0.3, 0.4) is 0 Å². The van der Waals surface area contributed by atoms with Crippen molar-refractivity contribution in [2.45, 2.75) is 52.1 Å². The third kappa shape index (κ3) is 4.11. The van der Waals surface area contributed by atoms with Gasteiger partial charge >= 0.3 is 0 Å². The van der Waals surface area contributed by atoms with Crippen molar-refractivity contribution in [3.63, 3.8) is 0 Å². The van der Waals surface area contributed by atoms with E-state index in [9.17, 15) is 4.79 Å². The molecule has 0 aliphatic carbocycles. The molecule has 0 aromatic carbocycles. The molecule has 2 aliphatic rings. The monoisotopic (exact) mass is 318 g/mol. The van der Waals surface area contributed by atoms with E-state index in [1.807, 2.05) is 4.90 Å². The summed E-state index contributed by atoms with van der Waals surface area (Å²) in [5.74, 6) is 0.937. The second kappa shape index (κ2) is 7.30. The molecule has 0 bridgehead atoms. The summed E-state index contributed by atoms with van der Waals surface area (Å²) in [6.07, 6.45) is 3.82. The first-order valence-electron chi connectivity index (χ1n) is 7.94. The van der Waals surface area contributed by atoms with Crippen molar-refractivity contribution in [1.29, 1.82) is 0 Å². The van der Waals surface area contributed by atoms with Crippen LogP contribution in [0.25, 0.3) is 0 Å². The zero-order valence-electron chi connectivity index (χ0n) is 13.9. The molecule has 0 radical (unpaired) electrons. The fraction of sp³-hybridized carbons (Fsp3) is 0.938. The van der Waals surface area contributed by atoms with Crippen LogP contribution in [0.1, 0.15) is 46.5 Å². The van der Waals surface area contributed by atoms with Gasteiger partial charge in [-0.1, -0.05) is 20.8 Å². The first-order valence-corrected chi connectivity index (χ1v) is 7.94. The molecule has 124 valence electrons. The summed E-state index contributed by atoms with van der Waals surface area (Å²) >= 11 is 0. The highest BCUT2D eigenvalue weighted by Gasteiger charge is 2.43. The first kappa shape index (κ1) is 18.7. The Labute approximate surface area is 135 Å². The molecule has 2 fully saturated rings. The van der Waals surface area contributed by atoms with Crippen LogP contribution in [0, 0.1) is 11.3 Å². The molecule has 0 spiro atoms. The van der Waals surface area contributed by atoms with Crippen molar-refractivity contribution >= 4 is 18.3 Å². The summed E-state index contributed by atoms with van der Waals surface area (Å²) in [5.41, 5.74) is -0.220. The van der Waals surface area contributed by atoms with Gasteiger partial charge in [-0.15, -0.1) is 12.4 Å². The number of hydrogen-bond donors (Lipinski definition) is 1. The number of rotatable bonds is 2. The standard InChI is InChI=1S/C16H30N2O2.ClH/c1-15(2,3)13-5-11-18(12-6-13)14(19)16(20-4)7-9-17-10-8-16;/h13,17H,5-12H2,1-4H3;1H. The van der Waals surface area contributed by atoms with E-state index in [2.05, 4.69) is 26.1 Å². The number of halogens is 1. The molecular formula is C16H31ClN2O2. The maximum Gasteiger partial charge on any atom is 0.254 e. The van der Waals surface area contributed by atoms with E-state index in [4.69, 9.17) is 4.74 Å². The minimum absolute atomic E-state index is 0. The molecule has 1 N–H and O–H groups in total. The van der Waals surface area contributed by atoms with Crippen molar-refractivity contribution in [2.75, 3.05) is 33.3 Å². The number of piperidine rings is 2. The second-order valence-corrected chi connectivity index (χ2v) is 7.38. The number of nitrogens with one attached hydrogen (secondary N) is 1. The van der Waals surface area contributed by atoms with Gasteiger partial charge in [0, 0.05) is 20.2 Å². The predicted molar refractivity (Wildman–Crippen MR) is 87.9 cm³/mol. The summed E-state index contributed by atoms with van der Waals surface area (Å²) in [6.45, 7) is 10.4. The normalized spacial score (nSPS) is 23.5. The summed E-state index contributed by atoms with van der Waals surface area (Å²) in [4.78, 5) is 14.9. The Morgan fingerprint density at radius 3 is 2.14 bits per heavy atom. The molecule has 21 heavy (non-hydrogen) atoms. The molecule has 0 saturated carbocycles. The lowest BCUT2D eigenvalue weighted by atomic mass is 9.75. The first-order chi connectivity index (χ1) is 9.39. The van der Waals surface area contributed by atoms with Gasteiger partial charge in [0.05, 0.1) is 0 Å². The van der Waals surface area contributed by atoms with Gasteiger partial charge in [-0.05, 0) is 50.1 Å². The van der Waals surface area contributed by atoms with Gasteiger partial charge in [-0.2, -0.15) is 0 Å². The number of amides is 1. The van der Waals surface area contributed by atoms with Crippen LogP contribution in [0.4, 0.5) is 0 Å². The van der Waals surface area contributed by atoms with Gasteiger partial charge < -0.3 is 15.0 Å². The third-order valence-electron chi connectivity index (χ3n) is 5.20. The molecule has 2 aliphatic heterocycles. The lowest BCUT2D eigenvalue weighted by Crippen LogP contribution is -2.57. The number of ether oxygens (including phenoxy) is 1. The molecule has 2 saturated heterocycles.